The molecule has 8 heteroatoms. The zero-order valence-corrected chi connectivity index (χ0v) is 15.8. The van der Waals surface area contributed by atoms with Gasteiger partial charge in [-0.15, -0.1) is 10.2 Å². The smallest absolute Gasteiger partial charge is 0.234 e. The molecule has 0 aliphatic heterocycles. The average molecular weight is 387 g/mol. The Kier molecular flexibility index (Phi) is 6.45. The van der Waals surface area contributed by atoms with Crippen molar-refractivity contribution in [3.8, 4) is 5.75 Å². The summed E-state index contributed by atoms with van der Waals surface area (Å²) in [7, 11) is 0. The molecule has 0 aliphatic rings. The van der Waals surface area contributed by atoms with Gasteiger partial charge in [-0.25, -0.2) is 0 Å². The van der Waals surface area contributed by atoms with Gasteiger partial charge in [0.25, 0.3) is 0 Å². The maximum Gasteiger partial charge on any atom is 0.234 e. The summed E-state index contributed by atoms with van der Waals surface area (Å²) in [6, 6.07) is 17.0. The topological polar surface area (TPSA) is 76.1 Å². The van der Waals surface area contributed by atoms with Gasteiger partial charge >= 0.3 is 0 Å². The van der Waals surface area contributed by atoms with Crippen LogP contribution in [0.4, 0.5) is 16.5 Å². The Hall–Kier alpha value is -2.58. The highest BCUT2D eigenvalue weighted by atomic mass is 32.2. The lowest BCUT2D eigenvalue weighted by atomic mass is 10.3. The van der Waals surface area contributed by atoms with Crippen molar-refractivity contribution in [1.29, 1.82) is 0 Å². The second-order valence-corrected chi connectivity index (χ2v) is 7.33. The van der Waals surface area contributed by atoms with Gasteiger partial charge in [0, 0.05) is 5.69 Å². The maximum absolute atomic E-state index is 12.0. The lowest BCUT2D eigenvalue weighted by Gasteiger charge is -2.09. The first kappa shape index (κ1) is 18.2. The monoisotopic (exact) mass is 386 g/mol. The van der Waals surface area contributed by atoms with Crippen LogP contribution in [-0.4, -0.2) is 28.5 Å². The first-order chi connectivity index (χ1) is 12.7. The molecule has 6 nitrogen and oxygen atoms in total. The Morgan fingerprint density at radius 2 is 1.88 bits per heavy atom. The molecule has 1 aromatic heterocycles. The summed E-state index contributed by atoms with van der Waals surface area (Å²) in [5, 5.41) is 15.0. The SMILES string of the molecule is CCOc1ccccc1Nc1nnc(SCC(=O)Nc2ccccc2)s1. The van der Waals surface area contributed by atoms with Crippen LogP contribution in [0.1, 0.15) is 6.92 Å². The van der Waals surface area contributed by atoms with Crippen molar-refractivity contribution in [2.24, 2.45) is 0 Å². The third kappa shape index (κ3) is 5.21. The van der Waals surface area contributed by atoms with Crippen molar-refractivity contribution < 1.29 is 9.53 Å². The summed E-state index contributed by atoms with van der Waals surface area (Å²) in [4.78, 5) is 12.0. The van der Waals surface area contributed by atoms with E-state index in [2.05, 4.69) is 20.8 Å². The molecule has 0 aliphatic carbocycles. The van der Waals surface area contributed by atoms with E-state index in [9.17, 15) is 4.79 Å². The number of aromatic nitrogens is 2. The second-order valence-electron chi connectivity index (χ2n) is 5.13. The Morgan fingerprint density at radius 3 is 2.69 bits per heavy atom. The molecule has 0 saturated heterocycles. The fraction of sp³-hybridized carbons (Fsp3) is 0.167. The van der Waals surface area contributed by atoms with E-state index in [1.807, 2.05) is 61.5 Å². The van der Waals surface area contributed by atoms with Gasteiger partial charge in [0.05, 0.1) is 18.0 Å². The van der Waals surface area contributed by atoms with E-state index >= 15 is 0 Å². The van der Waals surface area contributed by atoms with E-state index in [1.165, 1.54) is 23.1 Å². The first-order valence-corrected chi connectivity index (χ1v) is 9.85. The number of anilines is 3. The van der Waals surface area contributed by atoms with Crippen molar-refractivity contribution in [1.82, 2.24) is 10.2 Å². The average Bonchev–Trinajstić information content (AvgIpc) is 3.10. The van der Waals surface area contributed by atoms with Crippen LogP contribution in [0.5, 0.6) is 5.75 Å². The molecule has 0 radical (unpaired) electrons. The van der Waals surface area contributed by atoms with E-state index in [1.54, 1.807) is 0 Å². The molecule has 0 bridgehead atoms. The van der Waals surface area contributed by atoms with Gasteiger partial charge in [-0.2, -0.15) is 0 Å². The Bertz CT molecular complexity index is 855. The summed E-state index contributed by atoms with van der Waals surface area (Å²) >= 11 is 2.75. The summed E-state index contributed by atoms with van der Waals surface area (Å²) in [6.07, 6.45) is 0. The van der Waals surface area contributed by atoms with Gasteiger partial charge in [-0.05, 0) is 31.2 Å². The highest BCUT2D eigenvalue weighted by Gasteiger charge is 2.10. The van der Waals surface area contributed by atoms with E-state index < -0.39 is 0 Å². The number of para-hydroxylation sites is 3. The van der Waals surface area contributed by atoms with Crippen LogP contribution in [0, 0.1) is 0 Å². The number of thioether (sulfide) groups is 1. The molecule has 2 N–H and O–H groups in total. The predicted molar refractivity (Wildman–Crippen MR) is 107 cm³/mol. The summed E-state index contributed by atoms with van der Waals surface area (Å²) < 4.78 is 6.31. The normalized spacial score (nSPS) is 10.3. The van der Waals surface area contributed by atoms with Crippen LogP contribution in [0.2, 0.25) is 0 Å². The molecule has 1 amide bonds. The Balaban J connectivity index is 1.54. The Labute approximate surface area is 160 Å². The minimum absolute atomic E-state index is 0.0763. The predicted octanol–water partition coefficient (Wildman–Crippen LogP) is 4.41. The quantitative estimate of drug-likeness (QED) is 0.559. The number of nitrogens with zero attached hydrogens (tertiary/aromatic N) is 2. The molecular formula is C18H18N4O2S2. The minimum Gasteiger partial charge on any atom is -0.492 e. The molecule has 3 aromatic rings. The number of benzene rings is 2. The van der Waals surface area contributed by atoms with Crippen LogP contribution in [0.3, 0.4) is 0 Å². The molecule has 0 unspecified atom stereocenters. The summed E-state index contributed by atoms with van der Waals surface area (Å²) in [6.45, 7) is 2.53. The molecule has 0 spiro atoms. The van der Waals surface area contributed by atoms with Gasteiger partial charge in [-0.3, -0.25) is 4.79 Å². The third-order valence-corrected chi connectivity index (χ3v) is 5.19. The van der Waals surface area contributed by atoms with Crippen molar-refractivity contribution in [2.75, 3.05) is 23.0 Å². The summed E-state index contributed by atoms with van der Waals surface area (Å²) in [5.74, 6) is 0.966. The van der Waals surface area contributed by atoms with E-state index in [4.69, 9.17) is 4.74 Å². The number of ether oxygens (including phenoxy) is 1. The fourth-order valence-electron chi connectivity index (χ4n) is 2.13. The zero-order valence-electron chi connectivity index (χ0n) is 14.1. The number of carbonyl (C=O) groups is 1. The van der Waals surface area contributed by atoms with Gasteiger partial charge < -0.3 is 15.4 Å². The fourth-order valence-corrected chi connectivity index (χ4v) is 3.70. The lowest BCUT2D eigenvalue weighted by Crippen LogP contribution is -2.13. The maximum atomic E-state index is 12.0. The van der Waals surface area contributed by atoms with Crippen LogP contribution in [0.25, 0.3) is 0 Å². The Morgan fingerprint density at radius 1 is 1.12 bits per heavy atom. The molecule has 0 fully saturated rings. The number of hydrogen-bond acceptors (Lipinski definition) is 7. The van der Waals surface area contributed by atoms with Crippen molar-refractivity contribution in [3.05, 3.63) is 54.6 Å². The van der Waals surface area contributed by atoms with E-state index in [0.29, 0.717) is 11.7 Å². The lowest BCUT2D eigenvalue weighted by molar-refractivity contribution is -0.113. The van der Waals surface area contributed by atoms with Crippen LogP contribution < -0.4 is 15.4 Å². The number of hydrogen-bond donors (Lipinski definition) is 2. The number of nitrogens with one attached hydrogen (secondary N) is 2. The minimum atomic E-state index is -0.0763. The molecule has 3 rings (SSSR count). The zero-order chi connectivity index (χ0) is 18.2. The number of rotatable bonds is 8. The highest BCUT2D eigenvalue weighted by Crippen LogP contribution is 2.31. The summed E-state index contributed by atoms with van der Waals surface area (Å²) in [5.41, 5.74) is 1.62. The molecule has 1 heterocycles. The van der Waals surface area contributed by atoms with Gasteiger partial charge in [0.15, 0.2) is 4.34 Å². The number of amides is 1. The largest absolute Gasteiger partial charge is 0.492 e. The molecule has 26 heavy (non-hydrogen) atoms. The van der Waals surface area contributed by atoms with Gasteiger partial charge in [0.2, 0.25) is 11.0 Å². The van der Waals surface area contributed by atoms with Crippen molar-refractivity contribution in [3.63, 3.8) is 0 Å². The third-order valence-electron chi connectivity index (χ3n) is 3.22. The molecule has 134 valence electrons. The standard InChI is InChI=1S/C18H18N4O2S2/c1-2-24-15-11-7-6-10-14(15)20-17-21-22-18(26-17)25-12-16(23)19-13-8-4-3-5-9-13/h3-11H,2,12H2,1H3,(H,19,23)(H,20,21). The molecule has 0 saturated carbocycles. The van der Waals surface area contributed by atoms with Gasteiger partial charge in [-0.1, -0.05) is 53.4 Å². The van der Waals surface area contributed by atoms with Crippen LogP contribution in [-0.2, 0) is 4.79 Å². The molecule has 2 aromatic carbocycles. The first-order valence-electron chi connectivity index (χ1n) is 8.04. The molecular weight excluding hydrogens is 368 g/mol. The number of carbonyl (C=O) groups excluding carboxylic acids is 1. The second kappa shape index (κ2) is 9.21. The van der Waals surface area contributed by atoms with Crippen LogP contribution >= 0.6 is 23.1 Å². The van der Waals surface area contributed by atoms with E-state index in [0.717, 1.165) is 21.5 Å². The van der Waals surface area contributed by atoms with Crippen molar-refractivity contribution in [2.45, 2.75) is 11.3 Å². The van der Waals surface area contributed by atoms with Crippen molar-refractivity contribution >= 4 is 45.5 Å². The molecule has 0 atom stereocenters. The van der Waals surface area contributed by atoms with Gasteiger partial charge in [0.1, 0.15) is 5.75 Å². The highest BCUT2D eigenvalue weighted by molar-refractivity contribution is 8.01. The van der Waals surface area contributed by atoms with E-state index in [-0.39, 0.29) is 11.7 Å². The van der Waals surface area contributed by atoms with Crippen LogP contribution in [0.15, 0.2) is 58.9 Å².